The van der Waals surface area contributed by atoms with Crippen LogP contribution in [0.2, 0.25) is 0 Å². The monoisotopic (exact) mass is 236 g/mol. The standard InChI is InChI=1S/C10H12N4OS/c1-3-15-4-2-7(1)8-9(16-6-12-8)10-11-5-13-14-10/h5-7H,1-4H2,(H,11,13,14). The van der Waals surface area contributed by atoms with Gasteiger partial charge in [-0.15, -0.1) is 11.3 Å². The van der Waals surface area contributed by atoms with Crippen LogP contribution in [0.1, 0.15) is 24.5 Å². The SMILES string of the molecule is c1n[nH]c(-c2scnc2C2CCOCC2)n1. The van der Waals surface area contributed by atoms with E-state index in [1.807, 2.05) is 5.51 Å². The molecule has 0 spiro atoms. The molecule has 3 heterocycles. The van der Waals surface area contributed by atoms with Gasteiger partial charge in [0.1, 0.15) is 6.33 Å². The van der Waals surface area contributed by atoms with Gasteiger partial charge in [0.15, 0.2) is 5.82 Å². The summed E-state index contributed by atoms with van der Waals surface area (Å²) in [6.45, 7) is 1.66. The lowest BCUT2D eigenvalue weighted by atomic mass is 9.95. The van der Waals surface area contributed by atoms with Crippen LogP contribution >= 0.6 is 11.3 Å². The molecular formula is C10H12N4OS. The lowest BCUT2D eigenvalue weighted by Crippen LogP contribution is -2.14. The average molecular weight is 236 g/mol. The Morgan fingerprint density at radius 3 is 2.94 bits per heavy atom. The van der Waals surface area contributed by atoms with E-state index in [4.69, 9.17) is 4.74 Å². The third-order valence-electron chi connectivity index (χ3n) is 2.83. The van der Waals surface area contributed by atoms with Gasteiger partial charge in [0, 0.05) is 19.1 Å². The number of nitrogens with one attached hydrogen (secondary N) is 1. The van der Waals surface area contributed by atoms with Crippen LogP contribution in [-0.4, -0.2) is 33.4 Å². The zero-order valence-corrected chi connectivity index (χ0v) is 9.54. The number of hydrogen-bond donors (Lipinski definition) is 1. The molecular weight excluding hydrogens is 224 g/mol. The van der Waals surface area contributed by atoms with Crippen molar-refractivity contribution in [1.29, 1.82) is 0 Å². The smallest absolute Gasteiger partial charge is 0.167 e. The molecule has 0 aliphatic carbocycles. The number of aromatic nitrogens is 4. The second-order valence-electron chi connectivity index (χ2n) is 3.79. The zero-order valence-electron chi connectivity index (χ0n) is 8.72. The van der Waals surface area contributed by atoms with E-state index in [1.165, 1.54) is 6.33 Å². The molecule has 0 saturated carbocycles. The number of aromatic amines is 1. The van der Waals surface area contributed by atoms with E-state index in [9.17, 15) is 0 Å². The van der Waals surface area contributed by atoms with Crippen LogP contribution in [0.15, 0.2) is 11.8 Å². The predicted octanol–water partition coefficient (Wildman–Crippen LogP) is 1.82. The molecule has 84 valence electrons. The summed E-state index contributed by atoms with van der Waals surface area (Å²) in [4.78, 5) is 9.77. The third kappa shape index (κ3) is 1.74. The van der Waals surface area contributed by atoms with Gasteiger partial charge in [-0.2, -0.15) is 5.10 Å². The highest BCUT2D eigenvalue weighted by molar-refractivity contribution is 7.13. The number of H-pyrrole nitrogens is 1. The third-order valence-corrected chi connectivity index (χ3v) is 3.68. The summed E-state index contributed by atoms with van der Waals surface area (Å²) in [7, 11) is 0. The average Bonchev–Trinajstić information content (AvgIpc) is 3.01. The molecule has 0 aromatic carbocycles. The first kappa shape index (κ1) is 9.92. The fraction of sp³-hybridized carbons (Fsp3) is 0.500. The number of rotatable bonds is 2. The summed E-state index contributed by atoms with van der Waals surface area (Å²) < 4.78 is 5.37. The van der Waals surface area contributed by atoms with Crippen molar-refractivity contribution in [2.24, 2.45) is 0 Å². The van der Waals surface area contributed by atoms with Gasteiger partial charge in [-0.3, -0.25) is 5.10 Å². The molecule has 1 aliphatic heterocycles. The van der Waals surface area contributed by atoms with E-state index in [2.05, 4.69) is 20.2 Å². The lowest BCUT2D eigenvalue weighted by Gasteiger charge is -2.21. The Kier molecular flexibility index (Phi) is 2.67. The van der Waals surface area contributed by atoms with Crippen LogP contribution in [0.25, 0.3) is 10.7 Å². The number of thiazole rings is 1. The van der Waals surface area contributed by atoms with E-state index >= 15 is 0 Å². The number of ether oxygens (including phenoxy) is 1. The van der Waals surface area contributed by atoms with E-state index in [0.717, 1.165) is 42.5 Å². The fourth-order valence-corrected chi connectivity index (χ4v) is 2.83. The highest BCUT2D eigenvalue weighted by Gasteiger charge is 2.22. The number of hydrogen-bond acceptors (Lipinski definition) is 5. The van der Waals surface area contributed by atoms with Crippen molar-refractivity contribution in [1.82, 2.24) is 20.2 Å². The van der Waals surface area contributed by atoms with Crippen LogP contribution in [0.5, 0.6) is 0 Å². The summed E-state index contributed by atoms with van der Waals surface area (Å²) in [6, 6.07) is 0. The summed E-state index contributed by atoms with van der Waals surface area (Å²) >= 11 is 1.62. The summed E-state index contributed by atoms with van der Waals surface area (Å²) in [5.41, 5.74) is 3.02. The van der Waals surface area contributed by atoms with Gasteiger partial charge >= 0.3 is 0 Å². The minimum Gasteiger partial charge on any atom is -0.381 e. The first-order valence-electron chi connectivity index (χ1n) is 5.32. The first-order valence-corrected chi connectivity index (χ1v) is 6.20. The Bertz CT molecular complexity index is 447. The molecule has 0 radical (unpaired) electrons. The predicted molar refractivity (Wildman–Crippen MR) is 60.3 cm³/mol. The van der Waals surface area contributed by atoms with Gasteiger partial charge in [-0.05, 0) is 12.8 Å². The van der Waals surface area contributed by atoms with Crippen molar-refractivity contribution in [3.05, 3.63) is 17.5 Å². The maximum Gasteiger partial charge on any atom is 0.167 e. The second kappa shape index (κ2) is 4.31. The molecule has 1 aliphatic rings. The maximum atomic E-state index is 5.37. The van der Waals surface area contributed by atoms with Crippen molar-refractivity contribution in [3.8, 4) is 10.7 Å². The molecule has 2 aromatic rings. The van der Waals surface area contributed by atoms with Gasteiger partial charge in [0.05, 0.1) is 16.1 Å². The molecule has 6 heteroatoms. The van der Waals surface area contributed by atoms with E-state index < -0.39 is 0 Å². The van der Waals surface area contributed by atoms with E-state index in [0.29, 0.717) is 5.92 Å². The second-order valence-corrected chi connectivity index (χ2v) is 4.64. The lowest BCUT2D eigenvalue weighted by molar-refractivity contribution is 0.0847. The first-order chi connectivity index (χ1) is 7.95. The van der Waals surface area contributed by atoms with Crippen molar-refractivity contribution >= 4 is 11.3 Å². The maximum absolute atomic E-state index is 5.37. The zero-order chi connectivity index (χ0) is 10.8. The molecule has 16 heavy (non-hydrogen) atoms. The topological polar surface area (TPSA) is 63.7 Å². The van der Waals surface area contributed by atoms with Gasteiger partial charge in [-0.1, -0.05) is 0 Å². The summed E-state index contributed by atoms with van der Waals surface area (Å²) in [6.07, 6.45) is 3.62. The van der Waals surface area contributed by atoms with Crippen LogP contribution in [-0.2, 0) is 4.74 Å². The van der Waals surface area contributed by atoms with Crippen molar-refractivity contribution in [2.75, 3.05) is 13.2 Å². The van der Waals surface area contributed by atoms with Crippen molar-refractivity contribution in [2.45, 2.75) is 18.8 Å². The van der Waals surface area contributed by atoms with E-state index in [-0.39, 0.29) is 0 Å². The Hall–Kier alpha value is -1.27. The fourth-order valence-electron chi connectivity index (χ4n) is 2.01. The summed E-state index contributed by atoms with van der Waals surface area (Å²) in [5.74, 6) is 1.32. The van der Waals surface area contributed by atoms with Gasteiger partial charge in [0.25, 0.3) is 0 Å². The molecule has 1 saturated heterocycles. The molecule has 0 bridgehead atoms. The van der Waals surface area contributed by atoms with Crippen LogP contribution < -0.4 is 0 Å². The Labute approximate surface area is 96.9 Å². The molecule has 5 nitrogen and oxygen atoms in total. The normalized spacial score (nSPS) is 17.8. The van der Waals surface area contributed by atoms with E-state index in [1.54, 1.807) is 11.3 Å². The Morgan fingerprint density at radius 1 is 1.31 bits per heavy atom. The van der Waals surface area contributed by atoms with Gasteiger partial charge in [0.2, 0.25) is 0 Å². The van der Waals surface area contributed by atoms with Crippen molar-refractivity contribution < 1.29 is 4.74 Å². The largest absolute Gasteiger partial charge is 0.381 e. The van der Waals surface area contributed by atoms with Gasteiger partial charge < -0.3 is 4.74 Å². The molecule has 0 unspecified atom stereocenters. The van der Waals surface area contributed by atoms with Crippen LogP contribution in [0.4, 0.5) is 0 Å². The Balaban J connectivity index is 1.92. The van der Waals surface area contributed by atoms with Gasteiger partial charge in [-0.25, -0.2) is 9.97 Å². The molecule has 3 rings (SSSR count). The Morgan fingerprint density at radius 2 is 2.19 bits per heavy atom. The highest BCUT2D eigenvalue weighted by Crippen LogP contribution is 2.34. The minimum atomic E-state index is 0.500. The van der Waals surface area contributed by atoms with Crippen LogP contribution in [0, 0.1) is 0 Å². The highest BCUT2D eigenvalue weighted by atomic mass is 32.1. The van der Waals surface area contributed by atoms with Crippen molar-refractivity contribution in [3.63, 3.8) is 0 Å². The molecule has 2 aromatic heterocycles. The molecule has 1 N–H and O–H groups in total. The quantitative estimate of drug-likeness (QED) is 0.864. The number of nitrogens with zero attached hydrogens (tertiary/aromatic N) is 3. The molecule has 1 fully saturated rings. The minimum absolute atomic E-state index is 0.500. The molecule has 0 amide bonds. The van der Waals surface area contributed by atoms with Crippen LogP contribution in [0.3, 0.4) is 0 Å². The summed E-state index contributed by atoms with van der Waals surface area (Å²) in [5, 5.41) is 6.78. The molecule has 0 atom stereocenters.